The van der Waals surface area contributed by atoms with Crippen molar-refractivity contribution in [2.45, 2.75) is 13.5 Å². The molecule has 16 heavy (non-hydrogen) atoms. The van der Waals surface area contributed by atoms with E-state index in [2.05, 4.69) is 37.9 Å². The molecule has 0 bridgehead atoms. The molecule has 1 aliphatic heterocycles. The maximum atomic E-state index is 4.42. The zero-order chi connectivity index (χ0) is 11.7. The molecule has 4 nitrogen and oxygen atoms in total. The minimum atomic E-state index is 0.992. The fraction of sp³-hybridized carbons (Fsp3) is 0.727. The summed E-state index contributed by atoms with van der Waals surface area (Å²) in [5, 5.41) is 4.42. The Hall–Kier alpha value is -0.390. The lowest BCUT2D eigenvalue weighted by Gasteiger charge is -2.32. The Morgan fingerprint density at radius 1 is 1.19 bits per heavy atom. The summed E-state index contributed by atoms with van der Waals surface area (Å²) >= 11 is 3.62. The molecule has 0 saturated carbocycles. The van der Waals surface area contributed by atoms with Gasteiger partial charge in [0, 0.05) is 39.8 Å². The maximum Gasteiger partial charge on any atom is 0.0739 e. The fourth-order valence-corrected chi connectivity index (χ4v) is 2.53. The van der Waals surface area contributed by atoms with Crippen molar-refractivity contribution in [3.63, 3.8) is 0 Å². The molecular weight excluding hydrogens is 268 g/mol. The summed E-state index contributed by atoms with van der Waals surface area (Å²) in [7, 11) is 4.20. The molecule has 0 radical (unpaired) electrons. The first-order valence-electron chi connectivity index (χ1n) is 5.67. The minimum absolute atomic E-state index is 0.992. The van der Waals surface area contributed by atoms with Crippen molar-refractivity contribution < 1.29 is 0 Å². The van der Waals surface area contributed by atoms with Gasteiger partial charge in [0.05, 0.1) is 15.9 Å². The van der Waals surface area contributed by atoms with Crippen LogP contribution in [0.1, 0.15) is 11.4 Å². The van der Waals surface area contributed by atoms with Crippen molar-refractivity contribution in [3.05, 3.63) is 15.9 Å². The summed E-state index contributed by atoms with van der Waals surface area (Å²) in [5.41, 5.74) is 2.36. The normalized spacial score (nSPS) is 19.2. The van der Waals surface area contributed by atoms with Gasteiger partial charge < -0.3 is 4.90 Å². The van der Waals surface area contributed by atoms with Gasteiger partial charge in [-0.15, -0.1) is 0 Å². The predicted molar refractivity (Wildman–Crippen MR) is 68.4 cm³/mol. The first kappa shape index (κ1) is 12.1. The molecule has 2 heterocycles. The number of halogens is 1. The fourth-order valence-electron chi connectivity index (χ4n) is 2.07. The van der Waals surface area contributed by atoms with Crippen molar-refractivity contribution in [2.24, 2.45) is 7.05 Å². The summed E-state index contributed by atoms with van der Waals surface area (Å²) in [6.07, 6.45) is 0. The monoisotopic (exact) mass is 286 g/mol. The van der Waals surface area contributed by atoms with E-state index in [9.17, 15) is 0 Å². The first-order chi connectivity index (χ1) is 7.58. The van der Waals surface area contributed by atoms with Gasteiger partial charge in [-0.2, -0.15) is 5.10 Å². The quantitative estimate of drug-likeness (QED) is 0.818. The minimum Gasteiger partial charge on any atom is -0.304 e. The molecule has 0 unspecified atom stereocenters. The standard InChI is InChI=1S/C11H19BrN4/c1-9-11(12)10(15(3)13-9)8-16-6-4-14(2)5-7-16/h4-8H2,1-3H3. The molecule has 5 heteroatoms. The topological polar surface area (TPSA) is 24.3 Å². The highest BCUT2D eigenvalue weighted by molar-refractivity contribution is 9.10. The molecule has 0 spiro atoms. The maximum absolute atomic E-state index is 4.42. The van der Waals surface area contributed by atoms with Crippen LogP contribution in [0.3, 0.4) is 0 Å². The molecule has 1 aromatic heterocycles. The Morgan fingerprint density at radius 2 is 1.81 bits per heavy atom. The average Bonchev–Trinajstić information content (AvgIpc) is 2.48. The number of nitrogens with zero attached hydrogens (tertiary/aromatic N) is 4. The third-order valence-electron chi connectivity index (χ3n) is 3.23. The number of likely N-dealkylation sites (N-methyl/N-ethyl adjacent to an activating group) is 1. The van der Waals surface area contributed by atoms with Crippen molar-refractivity contribution in [1.29, 1.82) is 0 Å². The lowest BCUT2D eigenvalue weighted by Crippen LogP contribution is -2.44. The number of aromatic nitrogens is 2. The Kier molecular flexibility index (Phi) is 3.66. The van der Waals surface area contributed by atoms with Gasteiger partial charge >= 0.3 is 0 Å². The van der Waals surface area contributed by atoms with E-state index in [0.717, 1.165) is 42.9 Å². The van der Waals surface area contributed by atoms with Gasteiger partial charge in [0.1, 0.15) is 0 Å². The highest BCUT2D eigenvalue weighted by Gasteiger charge is 2.18. The number of hydrogen-bond acceptors (Lipinski definition) is 3. The van der Waals surface area contributed by atoms with Crippen LogP contribution in [0.25, 0.3) is 0 Å². The molecule has 2 rings (SSSR count). The van der Waals surface area contributed by atoms with E-state index >= 15 is 0 Å². The smallest absolute Gasteiger partial charge is 0.0739 e. The summed E-state index contributed by atoms with van der Waals surface area (Å²) in [6.45, 7) is 7.65. The van der Waals surface area contributed by atoms with Gasteiger partial charge in [-0.3, -0.25) is 9.58 Å². The SMILES string of the molecule is Cc1nn(C)c(CN2CCN(C)CC2)c1Br. The van der Waals surface area contributed by atoms with E-state index in [0.29, 0.717) is 0 Å². The molecule has 0 amide bonds. The first-order valence-corrected chi connectivity index (χ1v) is 6.46. The van der Waals surface area contributed by atoms with E-state index < -0.39 is 0 Å². The molecule has 1 aliphatic rings. The van der Waals surface area contributed by atoms with Crippen LogP contribution in [0, 0.1) is 6.92 Å². The van der Waals surface area contributed by atoms with Gasteiger partial charge in [0.15, 0.2) is 0 Å². The summed E-state index contributed by atoms with van der Waals surface area (Å²) in [4.78, 5) is 4.86. The molecule has 0 N–H and O–H groups in total. The zero-order valence-corrected chi connectivity index (χ0v) is 11.8. The van der Waals surface area contributed by atoms with E-state index in [4.69, 9.17) is 0 Å². The second-order valence-corrected chi connectivity index (χ2v) is 5.34. The summed E-state index contributed by atoms with van der Waals surface area (Å²) in [5.74, 6) is 0. The molecule has 0 aliphatic carbocycles. The predicted octanol–water partition coefficient (Wildman–Crippen LogP) is 1.24. The highest BCUT2D eigenvalue weighted by atomic mass is 79.9. The van der Waals surface area contributed by atoms with Gasteiger partial charge in [0.2, 0.25) is 0 Å². The third kappa shape index (κ3) is 2.47. The van der Waals surface area contributed by atoms with Crippen LogP contribution in [-0.4, -0.2) is 52.8 Å². The zero-order valence-electron chi connectivity index (χ0n) is 10.2. The number of hydrogen-bond donors (Lipinski definition) is 0. The number of piperazine rings is 1. The van der Waals surface area contributed by atoms with Gasteiger partial charge in [-0.05, 0) is 29.9 Å². The van der Waals surface area contributed by atoms with Crippen molar-refractivity contribution in [2.75, 3.05) is 33.2 Å². The van der Waals surface area contributed by atoms with E-state index in [1.807, 2.05) is 18.7 Å². The molecule has 1 fully saturated rings. The molecular formula is C11H19BrN4. The van der Waals surface area contributed by atoms with E-state index in [-0.39, 0.29) is 0 Å². The van der Waals surface area contributed by atoms with Crippen LogP contribution in [0.15, 0.2) is 4.47 Å². The molecule has 1 saturated heterocycles. The van der Waals surface area contributed by atoms with E-state index in [1.165, 1.54) is 5.69 Å². The molecule has 0 aromatic carbocycles. The van der Waals surface area contributed by atoms with Crippen molar-refractivity contribution in [1.82, 2.24) is 19.6 Å². The van der Waals surface area contributed by atoms with Gasteiger partial charge in [0.25, 0.3) is 0 Å². The second kappa shape index (κ2) is 4.85. The highest BCUT2D eigenvalue weighted by Crippen LogP contribution is 2.21. The third-order valence-corrected chi connectivity index (χ3v) is 4.26. The summed E-state index contributed by atoms with van der Waals surface area (Å²) < 4.78 is 3.14. The average molecular weight is 287 g/mol. The Bertz CT molecular complexity index is 366. The lowest BCUT2D eigenvalue weighted by molar-refractivity contribution is 0.145. The second-order valence-electron chi connectivity index (χ2n) is 4.55. The van der Waals surface area contributed by atoms with Gasteiger partial charge in [-0.25, -0.2) is 0 Å². The van der Waals surface area contributed by atoms with Crippen LogP contribution in [0.5, 0.6) is 0 Å². The lowest BCUT2D eigenvalue weighted by atomic mass is 10.3. The van der Waals surface area contributed by atoms with Crippen LogP contribution in [0.2, 0.25) is 0 Å². The largest absolute Gasteiger partial charge is 0.304 e. The van der Waals surface area contributed by atoms with Crippen LogP contribution < -0.4 is 0 Å². The molecule has 0 atom stereocenters. The van der Waals surface area contributed by atoms with Crippen molar-refractivity contribution in [3.8, 4) is 0 Å². The van der Waals surface area contributed by atoms with Crippen LogP contribution >= 0.6 is 15.9 Å². The Balaban J connectivity index is 2.03. The summed E-state index contributed by atoms with van der Waals surface area (Å²) in [6, 6.07) is 0. The number of aryl methyl sites for hydroxylation is 2. The Morgan fingerprint density at radius 3 is 2.31 bits per heavy atom. The Labute approximate surface area is 105 Å². The van der Waals surface area contributed by atoms with Crippen molar-refractivity contribution >= 4 is 15.9 Å². The van der Waals surface area contributed by atoms with Gasteiger partial charge in [-0.1, -0.05) is 0 Å². The molecule has 1 aromatic rings. The van der Waals surface area contributed by atoms with Crippen LogP contribution in [-0.2, 0) is 13.6 Å². The van der Waals surface area contributed by atoms with E-state index in [1.54, 1.807) is 0 Å². The molecule has 90 valence electrons. The number of rotatable bonds is 2. The van der Waals surface area contributed by atoms with Crippen LogP contribution in [0.4, 0.5) is 0 Å².